The van der Waals surface area contributed by atoms with Crippen LogP contribution in [0.4, 0.5) is 5.82 Å². The SMILES string of the molecule is CC(C)(C)NS(=O)(=O)c1cc(C(=O)Nc2ccc(Cl)cn2)ccc1Cl. The number of carbonyl (C=O) groups excluding carboxylic acids is 1. The van der Waals surface area contributed by atoms with Gasteiger partial charge < -0.3 is 5.32 Å². The van der Waals surface area contributed by atoms with Gasteiger partial charge in [0.15, 0.2) is 0 Å². The molecule has 134 valence electrons. The Labute approximate surface area is 156 Å². The molecule has 0 aliphatic rings. The Bertz CT molecular complexity index is 892. The van der Waals surface area contributed by atoms with Crippen LogP contribution in [0.25, 0.3) is 0 Å². The number of nitrogens with zero attached hydrogens (tertiary/aromatic N) is 1. The molecule has 2 rings (SSSR count). The number of hydrogen-bond acceptors (Lipinski definition) is 4. The van der Waals surface area contributed by atoms with Gasteiger partial charge in [-0.25, -0.2) is 18.1 Å². The molecule has 0 aliphatic carbocycles. The molecule has 9 heteroatoms. The lowest BCUT2D eigenvalue weighted by Gasteiger charge is -2.21. The van der Waals surface area contributed by atoms with Crippen molar-refractivity contribution in [3.05, 3.63) is 52.1 Å². The lowest BCUT2D eigenvalue weighted by molar-refractivity contribution is 0.102. The Morgan fingerprint density at radius 2 is 1.80 bits per heavy atom. The molecule has 0 radical (unpaired) electrons. The highest BCUT2D eigenvalue weighted by Gasteiger charge is 2.25. The topological polar surface area (TPSA) is 88.2 Å². The van der Waals surface area contributed by atoms with Crippen LogP contribution in [0.2, 0.25) is 10.0 Å². The molecule has 0 fully saturated rings. The Hall–Kier alpha value is -1.67. The van der Waals surface area contributed by atoms with Crippen molar-refractivity contribution < 1.29 is 13.2 Å². The van der Waals surface area contributed by atoms with E-state index in [9.17, 15) is 13.2 Å². The van der Waals surface area contributed by atoms with Crippen LogP contribution in [-0.4, -0.2) is 24.8 Å². The van der Waals surface area contributed by atoms with Crippen LogP contribution in [0.3, 0.4) is 0 Å². The van der Waals surface area contributed by atoms with E-state index in [-0.39, 0.29) is 15.5 Å². The summed E-state index contributed by atoms with van der Waals surface area (Å²) in [5, 5.41) is 3.03. The van der Waals surface area contributed by atoms with E-state index in [1.165, 1.54) is 30.5 Å². The molecular formula is C16H17Cl2N3O3S. The van der Waals surface area contributed by atoms with E-state index >= 15 is 0 Å². The summed E-state index contributed by atoms with van der Waals surface area (Å²) in [6.07, 6.45) is 1.39. The van der Waals surface area contributed by atoms with Crippen molar-refractivity contribution in [1.82, 2.24) is 9.71 Å². The highest BCUT2D eigenvalue weighted by atomic mass is 35.5. The van der Waals surface area contributed by atoms with Crippen LogP contribution in [0.5, 0.6) is 0 Å². The molecule has 1 aromatic heterocycles. The molecule has 1 aromatic carbocycles. The summed E-state index contributed by atoms with van der Waals surface area (Å²) >= 11 is 11.8. The number of hydrogen-bond donors (Lipinski definition) is 2. The largest absolute Gasteiger partial charge is 0.307 e. The van der Waals surface area contributed by atoms with Crippen LogP contribution >= 0.6 is 23.2 Å². The minimum atomic E-state index is -3.88. The molecule has 0 saturated heterocycles. The van der Waals surface area contributed by atoms with Crippen LogP contribution in [0.1, 0.15) is 31.1 Å². The fourth-order valence-electron chi connectivity index (χ4n) is 1.95. The van der Waals surface area contributed by atoms with Gasteiger partial charge in [-0.05, 0) is 51.1 Å². The maximum atomic E-state index is 12.5. The molecule has 25 heavy (non-hydrogen) atoms. The van der Waals surface area contributed by atoms with Gasteiger partial charge in [0.2, 0.25) is 10.0 Å². The second-order valence-electron chi connectivity index (χ2n) is 6.32. The molecule has 0 aliphatic heterocycles. The third-order valence-corrected chi connectivity index (χ3v) is 5.36. The van der Waals surface area contributed by atoms with Gasteiger partial charge in [0.25, 0.3) is 5.91 Å². The molecule has 0 atom stereocenters. The first-order valence-electron chi connectivity index (χ1n) is 7.24. The van der Waals surface area contributed by atoms with E-state index < -0.39 is 21.5 Å². The summed E-state index contributed by atoms with van der Waals surface area (Å²) < 4.78 is 27.5. The van der Waals surface area contributed by atoms with Gasteiger partial charge in [0, 0.05) is 17.3 Å². The lowest BCUT2D eigenvalue weighted by atomic mass is 10.1. The number of anilines is 1. The first-order valence-corrected chi connectivity index (χ1v) is 9.48. The maximum absolute atomic E-state index is 12.5. The molecular weight excluding hydrogens is 385 g/mol. The average Bonchev–Trinajstić information content (AvgIpc) is 2.47. The fraction of sp³-hybridized carbons (Fsp3) is 0.250. The fourth-order valence-corrected chi connectivity index (χ4v) is 4.00. The van der Waals surface area contributed by atoms with Gasteiger partial charge in [-0.15, -0.1) is 0 Å². The van der Waals surface area contributed by atoms with Gasteiger partial charge in [0.1, 0.15) is 10.7 Å². The second-order valence-corrected chi connectivity index (χ2v) is 8.81. The molecule has 0 spiro atoms. The minimum absolute atomic E-state index is 0.0258. The molecule has 0 saturated carbocycles. The summed E-state index contributed by atoms with van der Waals surface area (Å²) in [5.74, 6) is -0.222. The van der Waals surface area contributed by atoms with Crippen LogP contribution in [0, 0.1) is 0 Å². The number of rotatable bonds is 4. The smallest absolute Gasteiger partial charge is 0.256 e. The van der Waals surface area contributed by atoms with Crippen molar-refractivity contribution in [1.29, 1.82) is 0 Å². The number of sulfonamides is 1. The first kappa shape index (κ1) is 19.7. The summed E-state index contributed by atoms with van der Waals surface area (Å²) in [7, 11) is -3.88. The maximum Gasteiger partial charge on any atom is 0.256 e. The molecule has 0 unspecified atom stereocenters. The molecule has 2 aromatic rings. The van der Waals surface area contributed by atoms with Gasteiger partial charge >= 0.3 is 0 Å². The van der Waals surface area contributed by atoms with Crippen molar-refractivity contribution in [2.45, 2.75) is 31.2 Å². The zero-order valence-electron chi connectivity index (χ0n) is 13.8. The Kier molecular flexibility index (Phi) is 5.73. The van der Waals surface area contributed by atoms with E-state index in [1.54, 1.807) is 26.8 Å². The highest BCUT2D eigenvalue weighted by Crippen LogP contribution is 2.24. The zero-order chi connectivity index (χ0) is 18.8. The standard InChI is InChI=1S/C16H17Cl2N3O3S/c1-16(2,3)21-25(23,24)13-8-10(4-6-12(13)18)15(22)20-14-7-5-11(17)9-19-14/h4-9,21H,1-3H3,(H,19,20,22). The zero-order valence-corrected chi connectivity index (χ0v) is 16.1. The van der Waals surface area contributed by atoms with E-state index in [4.69, 9.17) is 23.2 Å². The summed E-state index contributed by atoms with van der Waals surface area (Å²) in [4.78, 5) is 16.1. The second kappa shape index (κ2) is 7.29. The van der Waals surface area contributed by atoms with Crippen molar-refractivity contribution in [3.8, 4) is 0 Å². The number of nitrogens with one attached hydrogen (secondary N) is 2. The molecule has 6 nitrogen and oxygen atoms in total. The number of amides is 1. The quantitative estimate of drug-likeness (QED) is 0.816. The van der Waals surface area contributed by atoms with Crippen LogP contribution < -0.4 is 10.0 Å². The minimum Gasteiger partial charge on any atom is -0.307 e. The van der Waals surface area contributed by atoms with Gasteiger partial charge in [-0.3, -0.25) is 4.79 Å². The van der Waals surface area contributed by atoms with Gasteiger partial charge in [-0.1, -0.05) is 23.2 Å². The van der Waals surface area contributed by atoms with E-state index in [0.29, 0.717) is 10.8 Å². The van der Waals surface area contributed by atoms with Crippen molar-refractivity contribution in [3.63, 3.8) is 0 Å². The summed E-state index contributed by atoms with van der Waals surface area (Å²) in [6.45, 7) is 5.13. The third-order valence-electron chi connectivity index (χ3n) is 2.89. The normalized spacial score (nSPS) is 12.0. The van der Waals surface area contributed by atoms with E-state index in [2.05, 4.69) is 15.0 Å². The summed E-state index contributed by atoms with van der Waals surface area (Å²) in [6, 6.07) is 7.14. The Morgan fingerprint density at radius 3 is 2.36 bits per heavy atom. The first-order chi connectivity index (χ1) is 11.5. The number of halogens is 2. The number of pyridine rings is 1. The molecule has 0 bridgehead atoms. The predicted octanol–water partition coefficient (Wildman–Crippen LogP) is 3.72. The van der Waals surface area contributed by atoms with Gasteiger partial charge in [-0.2, -0.15) is 0 Å². The Balaban J connectivity index is 2.32. The third kappa shape index (κ3) is 5.40. The summed E-state index contributed by atoms with van der Waals surface area (Å²) in [5.41, 5.74) is -0.552. The lowest BCUT2D eigenvalue weighted by Crippen LogP contribution is -2.40. The number of aromatic nitrogens is 1. The Morgan fingerprint density at radius 1 is 1.12 bits per heavy atom. The van der Waals surface area contributed by atoms with Crippen LogP contribution in [-0.2, 0) is 10.0 Å². The van der Waals surface area contributed by atoms with E-state index in [1.807, 2.05) is 0 Å². The number of carbonyl (C=O) groups is 1. The van der Waals surface area contributed by atoms with Crippen LogP contribution in [0.15, 0.2) is 41.4 Å². The van der Waals surface area contributed by atoms with Crippen molar-refractivity contribution >= 4 is 45.0 Å². The molecule has 1 heterocycles. The monoisotopic (exact) mass is 401 g/mol. The number of benzene rings is 1. The van der Waals surface area contributed by atoms with Gasteiger partial charge in [0.05, 0.1) is 10.0 Å². The highest BCUT2D eigenvalue weighted by molar-refractivity contribution is 7.89. The average molecular weight is 402 g/mol. The molecule has 2 N–H and O–H groups in total. The van der Waals surface area contributed by atoms with Crippen molar-refractivity contribution in [2.24, 2.45) is 0 Å². The molecule has 1 amide bonds. The van der Waals surface area contributed by atoms with Crippen molar-refractivity contribution in [2.75, 3.05) is 5.32 Å². The predicted molar refractivity (Wildman–Crippen MR) is 98.7 cm³/mol. The van der Waals surface area contributed by atoms with E-state index in [0.717, 1.165) is 0 Å².